The molecule has 1 aromatic heterocycles. The van der Waals surface area contributed by atoms with Crippen LogP contribution in [-0.2, 0) is 0 Å². The topological polar surface area (TPSA) is 45.1 Å². The first kappa shape index (κ1) is 24.7. The number of aliphatic hydroxyl groups is 1. The van der Waals surface area contributed by atoms with Crippen LogP contribution in [0.5, 0.6) is 0 Å². The molecule has 3 aromatic rings. The highest BCUT2D eigenvalue weighted by Crippen LogP contribution is 2.44. The van der Waals surface area contributed by atoms with Gasteiger partial charge in [0, 0.05) is 16.8 Å². The third-order valence-electron chi connectivity index (χ3n) is 5.09. The van der Waals surface area contributed by atoms with Gasteiger partial charge >= 0.3 is 6.18 Å². The molecule has 3 rings (SSSR count). The van der Waals surface area contributed by atoms with E-state index in [1.807, 2.05) is 32.0 Å². The van der Waals surface area contributed by atoms with Crippen molar-refractivity contribution in [3.05, 3.63) is 71.4 Å². The summed E-state index contributed by atoms with van der Waals surface area (Å²) < 4.78 is 41.7. The number of aryl methyl sites for hydroxylation is 2. The van der Waals surface area contributed by atoms with Gasteiger partial charge in [0.1, 0.15) is 0 Å². The van der Waals surface area contributed by atoms with E-state index in [4.69, 9.17) is 0 Å². The molecule has 168 valence electrons. The van der Waals surface area contributed by atoms with E-state index >= 15 is 0 Å². The predicted molar refractivity (Wildman–Crippen MR) is 121 cm³/mol. The molecule has 0 bridgehead atoms. The van der Waals surface area contributed by atoms with Crippen molar-refractivity contribution in [2.45, 2.75) is 65.3 Å². The quantitative estimate of drug-likeness (QED) is 0.451. The maximum absolute atomic E-state index is 13.9. The first-order valence-corrected chi connectivity index (χ1v) is 10.6. The highest BCUT2D eigenvalue weighted by atomic mass is 19.4. The molecule has 0 aliphatic rings. The van der Waals surface area contributed by atoms with Crippen LogP contribution in [0.15, 0.2) is 54.6 Å². The van der Waals surface area contributed by atoms with Crippen LogP contribution in [0.25, 0.3) is 10.9 Å². The molecule has 31 heavy (non-hydrogen) atoms. The first-order chi connectivity index (χ1) is 14.6. The molecule has 2 unspecified atom stereocenters. The molecule has 0 radical (unpaired) electrons. The summed E-state index contributed by atoms with van der Waals surface area (Å²) in [6.07, 6.45) is -4.03. The van der Waals surface area contributed by atoms with Gasteiger partial charge in [-0.25, -0.2) is 0 Å². The van der Waals surface area contributed by atoms with Crippen LogP contribution in [-0.4, -0.2) is 21.9 Å². The number of halogens is 3. The predicted octanol–water partition coefficient (Wildman–Crippen LogP) is 7.12. The molecule has 0 spiro atoms. The van der Waals surface area contributed by atoms with Gasteiger partial charge in [-0.15, -0.1) is 0 Å². The molecule has 2 aromatic carbocycles. The Labute approximate surface area is 182 Å². The molecular weight excluding hydrogens is 401 g/mol. The second kappa shape index (κ2) is 10.1. The van der Waals surface area contributed by atoms with Crippen molar-refractivity contribution in [2.75, 3.05) is 5.32 Å². The van der Waals surface area contributed by atoms with Crippen LogP contribution < -0.4 is 5.32 Å². The number of anilines is 1. The lowest BCUT2D eigenvalue weighted by atomic mass is 9.85. The van der Waals surface area contributed by atoms with E-state index in [-0.39, 0.29) is 0 Å². The van der Waals surface area contributed by atoms with Gasteiger partial charge in [0.2, 0.25) is 0 Å². The molecule has 6 heteroatoms. The van der Waals surface area contributed by atoms with Gasteiger partial charge in [0.05, 0.1) is 11.6 Å². The van der Waals surface area contributed by atoms with Crippen molar-refractivity contribution in [2.24, 2.45) is 0 Å². The Morgan fingerprint density at radius 3 is 2.10 bits per heavy atom. The Morgan fingerprint density at radius 2 is 1.55 bits per heavy atom. The maximum atomic E-state index is 13.9. The van der Waals surface area contributed by atoms with Gasteiger partial charge in [-0.1, -0.05) is 63.1 Å². The second-order valence-electron chi connectivity index (χ2n) is 7.80. The summed E-state index contributed by atoms with van der Waals surface area (Å²) in [5, 5.41) is 14.4. The minimum Gasteiger partial charge on any atom is -0.379 e. The molecule has 0 fully saturated rings. The Bertz CT molecular complexity index is 986. The summed E-state index contributed by atoms with van der Waals surface area (Å²) >= 11 is 0. The number of hydrogen-bond donors (Lipinski definition) is 2. The largest absolute Gasteiger partial charge is 0.419 e. The molecule has 2 N–H and O–H groups in total. The third-order valence-corrected chi connectivity index (χ3v) is 5.09. The van der Waals surface area contributed by atoms with E-state index in [0.717, 1.165) is 11.3 Å². The van der Waals surface area contributed by atoms with Crippen LogP contribution >= 0.6 is 0 Å². The first-order valence-electron chi connectivity index (χ1n) is 10.6. The number of nitrogens with one attached hydrogen (secondary N) is 1. The normalized spacial score (nSPS) is 14.4. The van der Waals surface area contributed by atoms with E-state index in [0.29, 0.717) is 22.2 Å². The highest BCUT2D eigenvalue weighted by Gasteiger charge is 2.57. The number of pyridine rings is 1. The fourth-order valence-corrected chi connectivity index (χ4v) is 3.34. The summed E-state index contributed by atoms with van der Waals surface area (Å²) in [5.74, 6) is 0. The van der Waals surface area contributed by atoms with Gasteiger partial charge < -0.3 is 10.4 Å². The summed E-state index contributed by atoms with van der Waals surface area (Å²) in [5.41, 5.74) is 0.359. The lowest BCUT2D eigenvalue weighted by molar-refractivity contribution is -0.267. The van der Waals surface area contributed by atoms with Gasteiger partial charge in [-0.2, -0.15) is 13.2 Å². The Morgan fingerprint density at radius 1 is 0.935 bits per heavy atom. The number of alkyl halides is 3. The fraction of sp³-hybridized carbons (Fsp3) is 0.400. The number of nitrogens with zero attached hydrogens (tertiary/aromatic N) is 1. The van der Waals surface area contributed by atoms with Crippen molar-refractivity contribution in [3.63, 3.8) is 0 Å². The summed E-state index contributed by atoms with van der Waals surface area (Å²) in [6, 6.07) is 14.2. The lowest BCUT2D eigenvalue weighted by Crippen LogP contribution is -2.52. The van der Waals surface area contributed by atoms with Gasteiger partial charge in [0.25, 0.3) is 0 Å². The van der Waals surface area contributed by atoms with Gasteiger partial charge in [-0.3, -0.25) is 4.98 Å². The Kier molecular flexibility index (Phi) is 8.07. The standard InChI is InChI=1S/C22H23F3N2O.C3H8/c1-4-21(28,22(23,24)25)20(16-11-8-14(2)9-12-16)27-19-7-5-6-18-17(19)13-10-15(3)26-18;1-3-2/h5-13,20,27-28H,4H2,1-3H3;3H2,1-2H3. The Hall–Kier alpha value is -2.60. The molecule has 0 aliphatic heterocycles. The number of benzene rings is 2. The monoisotopic (exact) mass is 432 g/mol. The van der Waals surface area contributed by atoms with Crippen LogP contribution in [0.1, 0.15) is 56.5 Å². The molecule has 0 saturated heterocycles. The van der Waals surface area contributed by atoms with Crippen molar-refractivity contribution in [1.82, 2.24) is 4.98 Å². The van der Waals surface area contributed by atoms with Crippen LogP contribution in [0, 0.1) is 13.8 Å². The fourth-order valence-electron chi connectivity index (χ4n) is 3.34. The van der Waals surface area contributed by atoms with Crippen molar-refractivity contribution in [3.8, 4) is 0 Å². The van der Waals surface area contributed by atoms with E-state index < -0.39 is 24.2 Å². The molecule has 0 aliphatic carbocycles. The van der Waals surface area contributed by atoms with E-state index in [2.05, 4.69) is 24.1 Å². The van der Waals surface area contributed by atoms with Crippen molar-refractivity contribution >= 4 is 16.6 Å². The molecule has 2 atom stereocenters. The molecule has 1 heterocycles. The second-order valence-corrected chi connectivity index (χ2v) is 7.80. The summed E-state index contributed by atoms with van der Waals surface area (Å²) in [7, 11) is 0. The van der Waals surface area contributed by atoms with E-state index in [9.17, 15) is 18.3 Å². The van der Waals surface area contributed by atoms with E-state index in [1.54, 1.807) is 36.4 Å². The summed E-state index contributed by atoms with van der Waals surface area (Å²) in [6.45, 7) is 9.30. The summed E-state index contributed by atoms with van der Waals surface area (Å²) in [4.78, 5) is 4.43. The lowest BCUT2D eigenvalue weighted by Gasteiger charge is -2.38. The minimum atomic E-state index is -4.80. The zero-order valence-electron chi connectivity index (χ0n) is 18.7. The number of hydrogen-bond acceptors (Lipinski definition) is 3. The number of fused-ring (bicyclic) bond motifs is 1. The van der Waals surface area contributed by atoms with Gasteiger partial charge in [-0.05, 0) is 50.1 Å². The van der Waals surface area contributed by atoms with Crippen LogP contribution in [0.2, 0.25) is 0 Å². The van der Waals surface area contributed by atoms with Crippen LogP contribution in [0.3, 0.4) is 0 Å². The minimum absolute atomic E-state index is 0.365. The van der Waals surface area contributed by atoms with Gasteiger partial charge in [0.15, 0.2) is 5.60 Å². The molecule has 3 nitrogen and oxygen atoms in total. The maximum Gasteiger partial charge on any atom is 0.419 e. The molecule has 0 saturated carbocycles. The van der Waals surface area contributed by atoms with Crippen molar-refractivity contribution < 1.29 is 18.3 Å². The Balaban J connectivity index is 0.00000107. The zero-order chi connectivity index (χ0) is 23.2. The van der Waals surface area contributed by atoms with E-state index in [1.165, 1.54) is 13.3 Å². The number of rotatable bonds is 5. The third kappa shape index (κ3) is 5.56. The number of aromatic nitrogens is 1. The zero-order valence-corrected chi connectivity index (χ0v) is 18.7. The van der Waals surface area contributed by atoms with Crippen LogP contribution in [0.4, 0.5) is 18.9 Å². The average molecular weight is 433 g/mol. The SMILES string of the molecule is CCC.CCC(O)(C(Nc1cccc2nc(C)ccc12)c1ccc(C)cc1)C(F)(F)F. The average Bonchev–Trinajstić information content (AvgIpc) is 2.71. The highest BCUT2D eigenvalue weighted by molar-refractivity contribution is 5.91. The van der Waals surface area contributed by atoms with Crippen molar-refractivity contribution in [1.29, 1.82) is 0 Å². The molecule has 0 amide bonds. The molecular formula is C25H31F3N2O. The smallest absolute Gasteiger partial charge is 0.379 e.